The van der Waals surface area contributed by atoms with Crippen LogP contribution >= 0.6 is 0 Å². The summed E-state index contributed by atoms with van der Waals surface area (Å²) >= 11 is 0. The zero-order valence-corrected chi connectivity index (χ0v) is 16.7. The van der Waals surface area contributed by atoms with E-state index in [4.69, 9.17) is 0 Å². The molecule has 4 rings (SSSR count). The molecule has 0 saturated carbocycles. The molecule has 1 aromatic heterocycles. The third-order valence-electron chi connectivity index (χ3n) is 5.71. The Bertz CT molecular complexity index is 936. The number of amides is 1. The van der Waals surface area contributed by atoms with E-state index in [0.717, 1.165) is 17.6 Å². The summed E-state index contributed by atoms with van der Waals surface area (Å²) in [6, 6.07) is 19.2. The molecule has 1 fully saturated rings. The summed E-state index contributed by atoms with van der Waals surface area (Å²) in [7, 11) is 0. The Morgan fingerprint density at radius 1 is 1.00 bits per heavy atom. The number of para-hydroxylation sites is 1. The van der Waals surface area contributed by atoms with E-state index in [1.54, 1.807) is 0 Å². The molecule has 28 heavy (non-hydrogen) atoms. The summed E-state index contributed by atoms with van der Waals surface area (Å²) in [6.45, 7) is 5.43. The molecular weight excluding hydrogens is 346 g/mol. The van der Waals surface area contributed by atoms with Gasteiger partial charge in [-0.3, -0.25) is 4.79 Å². The van der Waals surface area contributed by atoms with Gasteiger partial charge in [0.15, 0.2) is 0 Å². The van der Waals surface area contributed by atoms with Crippen molar-refractivity contribution in [3.8, 4) is 0 Å². The summed E-state index contributed by atoms with van der Waals surface area (Å²) in [4.78, 5) is 14.9. The van der Waals surface area contributed by atoms with Gasteiger partial charge < -0.3 is 14.8 Å². The first-order valence-electron chi connectivity index (χ1n) is 10.4. The maximum Gasteiger partial charge on any atom is 0.239 e. The Labute approximate surface area is 167 Å². The second-order valence-corrected chi connectivity index (χ2v) is 7.74. The first-order chi connectivity index (χ1) is 13.7. The third-order valence-corrected chi connectivity index (χ3v) is 5.71. The van der Waals surface area contributed by atoms with Crippen molar-refractivity contribution in [1.82, 2.24) is 9.88 Å². The highest BCUT2D eigenvalue weighted by Gasteiger charge is 2.11. The number of hydrogen-bond donors (Lipinski definition) is 1. The van der Waals surface area contributed by atoms with Gasteiger partial charge in [-0.2, -0.15) is 0 Å². The molecule has 0 atom stereocenters. The first-order valence-corrected chi connectivity index (χ1v) is 10.4. The predicted octanol–water partition coefficient (Wildman–Crippen LogP) is 4.30. The lowest BCUT2D eigenvalue weighted by molar-refractivity contribution is -0.121. The van der Waals surface area contributed by atoms with Gasteiger partial charge >= 0.3 is 0 Å². The van der Waals surface area contributed by atoms with Crippen molar-refractivity contribution in [2.24, 2.45) is 0 Å². The van der Waals surface area contributed by atoms with Crippen LogP contribution in [0.25, 0.3) is 10.9 Å². The van der Waals surface area contributed by atoms with Gasteiger partial charge in [-0.05, 0) is 67.8 Å². The molecule has 0 radical (unpaired) electrons. The summed E-state index contributed by atoms with van der Waals surface area (Å²) in [6.07, 6.45) is 4.80. The Kier molecular flexibility index (Phi) is 5.65. The first kappa shape index (κ1) is 18.6. The van der Waals surface area contributed by atoms with Crippen LogP contribution in [0.4, 0.5) is 5.69 Å². The number of piperidine rings is 1. The van der Waals surface area contributed by atoms with Gasteiger partial charge in [0.2, 0.25) is 5.91 Å². The summed E-state index contributed by atoms with van der Waals surface area (Å²) in [5, 5.41) is 4.25. The molecule has 1 aliphatic heterocycles. The zero-order valence-electron chi connectivity index (χ0n) is 16.7. The van der Waals surface area contributed by atoms with E-state index in [9.17, 15) is 4.79 Å². The number of anilines is 1. The monoisotopic (exact) mass is 375 g/mol. The molecule has 2 aromatic carbocycles. The minimum atomic E-state index is 0.0642. The fourth-order valence-electron chi connectivity index (χ4n) is 4.13. The van der Waals surface area contributed by atoms with Crippen LogP contribution in [0.2, 0.25) is 0 Å². The minimum absolute atomic E-state index is 0.0642. The van der Waals surface area contributed by atoms with E-state index in [2.05, 4.69) is 64.2 Å². The van der Waals surface area contributed by atoms with E-state index in [0.29, 0.717) is 13.1 Å². The molecule has 1 aliphatic rings. The highest BCUT2D eigenvalue weighted by atomic mass is 16.1. The fraction of sp³-hybridized carbons (Fsp3) is 0.375. The molecule has 0 aliphatic carbocycles. The van der Waals surface area contributed by atoms with Crippen molar-refractivity contribution in [1.29, 1.82) is 0 Å². The molecule has 146 valence electrons. The molecule has 2 heterocycles. The van der Waals surface area contributed by atoms with Crippen LogP contribution in [0, 0.1) is 6.92 Å². The van der Waals surface area contributed by atoms with Crippen molar-refractivity contribution in [3.05, 3.63) is 65.9 Å². The predicted molar refractivity (Wildman–Crippen MR) is 116 cm³/mol. The summed E-state index contributed by atoms with van der Waals surface area (Å²) in [5.74, 6) is 0.0642. The normalized spacial score (nSPS) is 14.4. The van der Waals surface area contributed by atoms with E-state index in [1.807, 2.05) is 12.1 Å². The van der Waals surface area contributed by atoms with Gasteiger partial charge in [-0.1, -0.05) is 30.3 Å². The smallest absolute Gasteiger partial charge is 0.239 e. The molecule has 4 heteroatoms. The molecule has 0 bridgehead atoms. The fourth-order valence-corrected chi connectivity index (χ4v) is 4.13. The number of rotatable bonds is 6. The molecule has 1 N–H and O–H groups in total. The highest BCUT2D eigenvalue weighted by molar-refractivity contribution is 5.84. The lowest BCUT2D eigenvalue weighted by atomic mass is 10.1. The van der Waals surface area contributed by atoms with Crippen molar-refractivity contribution in [3.63, 3.8) is 0 Å². The maximum atomic E-state index is 12.4. The Balaban J connectivity index is 1.28. The van der Waals surface area contributed by atoms with Crippen molar-refractivity contribution in [2.45, 2.75) is 39.2 Å². The Morgan fingerprint density at radius 3 is 2.54 bits per heavy atom. The number of fused-ring (bicyclic) bond motifs is 1. The summed E-state index contributed by atoms with van der Waals surface area (Å²) < 4.78 is 2.08. The van der Waals surface area contributed by atoms with Gasteiger partial charge in [0.25, 0.3) is 0 Å². The minimum Gasteiger partial charge on any atom is -0.372 e. The average Bonchev–Trinajstić information content (AvgIpc) is 3.04. The standard InChI is InChI=1S/C24H29N3O/c1-19-17-21-7-3-4-8-23(21)27(19)18-24(28)25-14-13-20-9-11-22(12-10-20)26-15-5-2-6-16-26/h3-4,7-12,17H,2,5-6,13-16,18H2,1H3,(H,25,28). The lowest BCUT2D eigenvalue weighted by Gasteiger charge is -2.28. The van der Waals surface area contributed by atoms with Crippen LogP contribution in [0.1, 0.15) is 30.5 Å². The van der Waals surface area contributed by atoms with Crippen LogP contribution in [0.5, 0.6) is 0 Å². The molecule has 1 saturated heterocycles. The Morgan fingerprint density at radius 2 is 1.75 bits per heavy atom. The number of aromatic nitrogens is 1. The van der Waals surface area contributed by atoms with E-state index in [-0.39, 0.29) is 5.91 Å². The number of hydrogen-bond acceptors (Lipinski definition) is 2. The maximum absolute atomic E-state index is 12.4. The quantitative estimate of drug-likeness (QED) is 0.697. The molecule has 4 nitrogen and oxygen atoms in total. The zero-order chi connectivity index (χ0) is 19.3. The molecular formula is C24H29N3O. The molecule has 3 aromatic rings. The third kappa shape index (κ3) is 4.22. The van der Waals surface area contributed by atoms with Crippen LogP contribution < -0.4 is 10.2 Å². The second-order valence-electron chi connectivity index (χ2n) is 7.74. The van der Waals surface area contributed by atoms with Gasteiger partial charge in [0.05, 0.1) is 0 Å². The van der Waals surface area contributed by atoms with Gasteiger partial charge in [-0.15, -0.1) is 0 Å². The van der Waals surface area contributed by atoms with E-state index >= 15 is 0 Å². The lowest BCUT2D eigenvalue weighted by Crippen LogP contribution is -2.30. The van der Waals surface area contributed by atoms with Gasteiger partial charge in [0, 0.05) is 36.5 Å². The average molecular weight is 376 g/mol. The van der Waals surface area contributed by atoms with Crippen LogP contribution in [0.3, 0.4) is 0 Å². The second kappa shape index (κ2) is 8.51. The Hall–Kier alpha value is -2.75. The van der Waals surface area contributed by atoms with Gasteiger partial charge in [-0.25, -0.2) is 0 Å². The number of nitrogens with one attached hydrogen (secondary N) is 1. The highest BCUT2D eigenvalue weighted by Crippen LogP contribution is 2.21. The van der Waals surface area contributed by atoms with Crippen LogP contribution in [-0.4, -0.2) is 30.1 Å². The van der Waals surface area contributed by atoms with E-state index < -0.39 is 0 Å². The van der Waals surface area contributed by atoms with Crippen LogP contribution in [-0.2, 0) is 17.8 Å². The summed E-state index contributed by atoms with van der Waals surface area (Å²) in [5.41, 5.74) is 4.82. The molecule has 0 unspecified atom stereocenters. The molecule has 1 amide bonds. The number of carbonyl (C=O) groups excluding carboxylic acids is 1. The molecule has 0 spiro atoms. The van der Waals surface area contributed by atoms with Crippen molar-refractivity contribution in [2.75, 3.05) is 24.5 Å². The van der Waals surface area contributed by atoms with Gasteiger partial charge in [0.1, 0.15) is 6.54 Å². The number of benzene rings is 2. The largest absolute Gasteiger partial charge is 0.372 e. The van der Waals surface area contributed by atoms with Crippen molar-refractivity contribution < 1.29 is 4.79 Å². The van der Waals surface area contributed by atoms with Crippen LogP contribution in [0.15, 0.2) is 54.6 Å². The number of aryl methyl sites for hydroxylation is 1. The number of carbonyl (C=O) groups is 1. The van der Waals surface area contributed by atoms with E-state index in [1.165, 1.54) is 49.0 Å². The van der Waals surface area contributed by atoms with Crippen molar-refractivity contribution >= 4 is 22.5 Å². The SMILES string of the molecule is Cc1cc2ccccc2n1CC(=O)NCCc1ccc(N2CCCCC2)cc1. The number of nitrogens with zero attached hydrogens (tertiary/aromatic N) is 2. The topological polar surface area (TPSA) is 37.3 Å².